The molecule has 0 radical (unpaired) electrons. The second-order valence-corrected chi connectivity index (χ2v) is 4.93. The topological polar surface area (TPSA) is 72.9 Å². The molecule has 1 amide bonds. The fourth-order valence-corrected chi connectivity index (χ4v) is 1.72. The molecule has 1 heterocycles. The number of rotatable bonds is 8. The van der Waals surface area contributed by atoms with E-state index in [4.69, 9.17) is 5.73 Å². The largest absolute Gasteiger partial charge is 0.351 e. The lowest BCUT2D eigenvalue weighted by atomic mass is 10.1. The van der Waals surface area contributed by atoms with Gasteiger partial charge in [0.1, 0.15) is 5.69 Å². The fraction of sp³-hybridized carbons (Fsp3) is 0.692. The molecule has 0 fully saturated rings. The molecule has 0 bridgehead atoms. The Hall–Kier alpha value is -1.36. The lowest BCUT2D eigenvalue weighted by Crippen LogP contribution is -2.24. The maximum atomic E-state index is 11.7. The SMILES string of the molecule is CC(C)CCCCNC(=O)c1cn(CCN)cn1. The minimum atomic E-state index is -0.102. The Morgan fingerprint density at radius 2 is 2.28 bits per heavy atom. The number of unbranched alkanes of at least 4 members (excludes halogenated alkanes) is 1. The summed E-state index contributed by atoms with van der Waals surface area (Å²) in [7, 11) is 0. The second kappa shape index (κ2) is 7.87. The highest BCUT2D eigenvalue weighted by Crippen LogP contribution is 2.05. The third-order valence-electron chi connectivity index (χ3n) is 2.75. The van der Waals surface area contributed by atoms with Gasteiger partial charge in [-0.1, -0.05) is 26.7 Å². The molecule has 1 rings (SSSR count). The number of hydrogen-bond acceptors (Lipinski definition) is 3. The maximum Gasteiger partial charge on any atom is 0.271 e. The van der Waals surface area contributed by atoms with Crippen LogP contribution in [0.3, 0.4) is 0 Å². The molecule has 0 aliphatic heterocycles. The molecular weight excluding hydrogens is 228 g/mol. The van der Waals surface area contributed by atoms with Crippen molar-refractivity contribution in [2.75, 3.05) is 13.1 Å². The predicted octanol–water partition coefficient (Wildman–Crippen LogP) is 1.40. The molecule has 0 aliphatic carbocycles. The average molecular weight is 252 g/mol. The summed E-state index contributed by atoms with van der Waals surface area (Å²) in [6, 6.07) is 0. The van der Waals surface area contributed by atoms with Gasteiger partial charge in [-0.2, -0.15) is 0 Å². The summed E-state index contributed by atoms with van der Waals surface area (Å²) < 4.78 is 1.83. The lowest BCUT2D eigenvalue weighted by Gasteiger charge is -2.05. The van der Waals surface area contributed by atoms with Gasteiger partial charge >= 0.3 is 0 Å². The molecule has 0 unspecified atom stereocenters. The number of nitrogens with two attached hydrogens (primary N) is 1. The average Bonchev–Trinajstić information content (AvgIpc) is 2.77. The first-order valence-electron chi connectivity index (χ1n) is 6.63. The van der Waals surface area contributed by atoms with Crippen molar-refractivity contribution in [3.8, 4) is 0 Å². The van der Waals surface area contributed by atoms with E-state index in [-0.39, 0.29) is 5.91 Å². The number of carbonyl (C=O) groups excluding carboxylic acids is 1. The van der Waals surface area contributed by atoms with E-state index in [2.05, 4.69) is 24.1 Å². The van der Waals surface area contributed by atoms with Crippen LogP contribution in [0.2, 0.25) is 0 Å². The number of aromatic nitrogens is 2. The van der Waals surface area contributed by atoms with E-state index in [1.54, 1.807) is 12.5 Å². The van der Waals surface area contributed by atoms with Crippen LogP contribution >= 0.6 is 0 Å². The zero-order chi connectivity index (χ0) is 13.4. The summed E-state index contributed by atoms with van der Waals surface area (Å²) in [5.74, 6) is 0.628. The molecule has 0 saturated heterocycles. The molecule has 0 atom stereocenters. The van der Waals surface area contributed by atoms with Crippen molar-refractivity contribution >= 4 is 5.91 Å². The van der Waals surface area contributed by atoms with E-state index >= 15 is 0 Å². The lowest BCUT2D eigenvalue weighted by molar-refractivity contribution is 0.0948. The highest BCUT2D eigenvalue weighted by Gasteiger charge is 2.08. The summed E-state index contributed by atoms with van der Waals surface area (Å²) >= 11 is 0. The number of hydrogen-bond donors (Lipinski definition) is 2. The van der Waals surface area contributed by atoms with Crippen molar-refractivity contribution in [3.63, 3.8) is 0 Å². The van der Waals surface area contributed by atoms with Crippen molar-refractivity contribution in [1.29, 1.82) is 0 Å². The first-order chi connectivity index (χ1) is 8.63. The maximum absolute atomic E-state index is 11.7. The van der Waals surface area contributed by atoms with Gasteiger partial charge in [0.2, 0.25) is 0 Å². The molecule has 3 N–H and O–H groups in total. The Labute approximate surface area is 109 Å². The van der Waals surface area contributed by atoms with Gasteiger partial charge < -0.3 is 15.6 Å². The van der Waals surface area contributed by atoms with Crippen molar-refractivity contribution in [2.24, 2.45) is 11.7 Å². The molecular formula is C13H24N4O. The molecule has 5 nitrogen and oxygen atoms in total. The van der Waals surface area contributed by atoms with Crippen LogP contribution in [-0.4, -0.2) is 28.5 Å². The number of carbonyl (C=O) groups is 1. The first kappa shape index (κ1) is 14.7. The molecule has 0 aromatic carbocycles. The van der Waals surface area contributed by atoms with E-state index in [0.717, 1.165) is 25.3 Å². The third-order valence-corrected chi connectivity index (χ3v) is 2.75. The summed E-state index contributed by atoms with van der Waals surface area (Å²) in [5, 5.41) is 2.88. The van der Waals surface area contributed by atoms with Gasteiger partial charge in [-0.3, -0.25) is 4.79 Å². The number of imidazole rings is 1. The van der Waals surface area contributed by atoms with Crippen LogP contribution in [0.1, 0.15) is 43.6 Å². The number of amides is 1. The standard InChI is InChI=1S/C13H24N4O/c1-11(2)5-3-4-7-15-13(18)12-9-17(8-6-14)10-16-12/h9-11H,3-8,14H2,1-2H3,(H,15,18). The van der Waals surface area contributed by atoms with Gasteiger partial charge in [0.25, 0.3) is 5.91 Å². The molecule has 0 spiro atoms. The van der Waals surface area contributed by atoms with Gasteiger partial charge in [-0.05, 0) is 12.3 Å². The minimum Gasteiger partial charge on any atom is -0.351 e. The van der Waals surface area contributed by atoms with Crippen molar-refractivity contribution < 1.29 is 4.79 Å². The minimum absolute atomic E-state index is 0.102. The van der Waals surface area contributed by atoms with Crippen LogP contribution in [0.4, 0.5) is 0 Å². The quantitative estimate of drug-likeness (QED) is 0.687. The van der Waals surface area contributed by atoms with Gasteiger partial charge in [0.15, 0.2) is 0 Å². The van der Waals surface area contributed by atoms with Gasteiger partial charge in [0, 0.05) is 25.8 Å². The van der Waals surface area contributed by atoms with Crippen molar-refractivity contribution in [3.05, 3.63) is 18.2 Å². The monoisotopic (exact) mass is 252 g/mol. The molecule has 18 heavy (non-hydrogen) atoms. The van der Waals surface area contributed by atoms with E-state index in [1.807, 2.05) is 4.57 Å². The first-order valence-corrected chi connectivity index (χ1v) is 6.63. The van der Waals surface area contributed by atoms with Crippen LogP contribution < -0.4 is 11.1 Å². The molecule has 5 heteroatoms. The molecule has 0 saturated carbocycles. The van der Waals surface area contributed by atoms with Crippen LogP contribution in [-0.2, 0) is 6.54 Å². The Bertz CT molecular complexity index is 360. The summed E-state index contributed by atoms with van der Waals surface area (Å²) in [5.41, 5.74) is 5.90. The second-order valence-electron chi connectivity index (χ2n) is 4.93. The van der Waals surface area contributed by atoms with E-state index in [1.165, 1.54) is 6.42 Å². The Morgan fingerprint density at radius 1 is 1.50 bits per heavy atom. The van der Waals surface area contributed by atoms with Crippen molar-refractivity contribution in [2.45, 2.75) is 39.7 Å². The van der Waals surface area contributed by atoms with E-state index < -0.39 is 0 Å². The highest BCUT2D eigenvalue weighted by molar-refractivity contribution is 5.91. The Kier molecular flexibility index (Phi) is 6.43. The molecule has 1 aromatic rings. The molecule has 0 aliphatic rings. The zero-order valence-corrected chi connectivity index (χ0v) is 11.4. The van der Waals surface area contributed by atoms with Gasteiger partial charge in [-0.25, -0.2) is 4.98 Å². The van der Waals surface area contributed by atoms with Crippen LogP contribution in [0, 0.1) is 5.92 Å². The number of nitrogens with zero attached hydrogens (tertiary/aromatic N) is 2. The summed E-state index contributed by atoms with van der Waals surface area (Å²) in [6.07, 6.45) is 6.75. The third kappa shape index (κ3) is 5.31. The van der Waals surface area contributed by atoms with Crippen molar-refractivity contribution in [1.82, 2.24) is 14.9 Å². The predicted molar refractivity (Wildman–Crippen MR) is 72.3 cm³/mol. The fourth-order valence-electron chi connectivity index (χ4n) is 1.72. The van der Waals surface area contributed by atoms with Gasteiger partial charge in [-0.15, -0.1) is 0 Å². The van der Waals surface area contributed by atoms with E-state index in [0.29, 0.717) is 18.8 Å². The van der Waals surface area contributed by atoms with Crippen LogP contribution in [0.5, 0.6) is 0 Å². The number of nitrogens with one attached hydrogen (secondary N) is 1. The zero-order valence-electron chi connectivity index (χ0n) is 11.4. The normalized spacial score (nSPS) is 10.9. The summed E-state index contributed by atoms with van der Waals surface area (Å²) in [4.78, 5) is 15.8. The summed E-state index contributed by atoms with van der Waals surface area (Å²) in [6.45, 7) is 6.38. The Balaban J connectivity index is 2.23. The Morgan fingerprint density at radius 3 is 2.94 bits per heavy atom. The van der Waals surface area contributed by atoms with Gasteiger partial charge in [0.05, 0.1) is 6.33 Å². The highest BCUT2D eigenvalue weighted by atomic mass is 16.1. The molecule has 102 valence electrons. The smallest absolute Gasteiger partial charge is 0.271 e. The van der Waals surface area contributed by atoms with Crippen LogP contribution in [0.15, 0.2) is 12.5 Å². The van der Waals surface area contributed by atoms with E-state index in [9.17, 15) is 4.79 Å². The molecule has 1 aromatic heterocycles. The van der Waals surface area contributed by atoms with Crippen LogP contribution in [0.25, 0.3) is 0 Å².